The van der Waals surface area contributed by atoms with Gasteiger partial charge in [-0.05, 0) is 42.8 Å². The lowest BCUT2D eigenvalue weighted by molar-refractivity contribution is -0.577. The van der Waals surface area contributed by atoms with Crippen molar-refractivity contribution in [3.05, 3.63) is 94.9 Å². The van der Waals surface area contributed by atoms with Crippen molar-refractivity contribution in [1.29, 1.82) is 0 Å². The molecule has 0 saturated carbocycles. The first kappa shape index (κ1) is 18.1. The molecule has 138 valence electrons. The Kier molecular flexibility index (Phi) is 4.79. The van der Waals surface area contributed by atoms with Crippen molar-refractivity contribution in [3.63, 3.8) is 0 Å². The monoisotopic (exact) mass is 434 g/mol. The second-order valence-corrected chi connectivity index (χ2v) is 7.23. The van der Waals surface area contributed by atoms with Crippen LogP contribution in [0.15, 0.2) is 89.3 Å². The first-order chi connectivity index (χ1) is 13.6. The van der Waals surface area contributed by atoms with Crippen molar-refractivity contribution >= 4 is 44.8 Å². The Morgan fingerprint density at radius 1 is 0.893 bits per heavy atom. The largest absolute Gasteiger partial charge is 0.345 e. The van der Waals surface area contributed by atoms with Gasteiger partial charge in [0, 0.05) is 22.3 Å². The van der Waals surface area contributed by atoms with E-state index in [1.807, 2.05) is 67.6 Å². The molecule has 0 aliphatic carbocycles. The van der Waals surface area contributed by atoms with E-state index in [0.29, 0.717) is 5.69 Å². The highest BCUT2D eigenvalue weighted by molar-refractivity contribution is 9.10. The molecule has 1 N–H and O–H groups in total. The van der Waals surface area contributed by atoms with Gasteiger partial charge in [0.25, 0.3) is 5.91 Å². The van der Waals surface area contributed by atoms with E-state index < -0.39 is 0 Å². The summed E-state index contributed by atoms with van der Waals surface area (Å²) in [6, 6.07) is 20.2. The summed E-state index contributed by atoms with van der Waals surface area (Å²) < 4.78 is 2.58. The fraction of sp³-hybridized carbons (Fsp3) is 0.0455. The second-order valence-electron chi connectivity index (χ2n) is 6.38. The highest BCUT2D eigenvalue weighted by Crippen LogP contribution is 2.30. The van der Waals surface area contributed by atoms with E-state index >= 15 is 0 Å². The minimum absolute atomic E-state index is 0.243. The minimum Gasteiger partial charge on any atom is -0.345 e. The van der Waals surface area contributed by atoms with Gasteiger partial charge in [0.1, 0.15) is 0 Å². The SMILES string of the molecule is Cc1cc(N2C(=O)C(Nc3ccccc3)=C([n+]3ccccc3)C2=O)ccc1Br. The van der Waals surface area contributed by atoms with Crippen molar-refractivity contribution in [2.24, 2.45) is 0 Å². The fourth-order valence-corrected chi connectivity index (χ4v) is 3.33. The van der Waals surface area contributed by atoms with Crippen LogP contribution in [0.25, 0.3) is 5.70 Å². The van der Waals surface area contributed by atoms with Crippen molar-refractivity contribution in [2.75, 3.05) is 10.2 Å². The number of aromatic nitrogens is 1. The van der Waals surface area contributed by atoms with Crippen LogP contribution in [0.4, 0.5) is 11.4 Å². The zero-order valence-corrected chi connectivity index (χ0v) is 16.7. The Morgan fingerprint density at radius 3 is 2.25 bits per heavy atom. The molecule has 0 unspecified atom stereocenters. The smallest absolute Gasteiger partial charge is 0.333 e. The van der Waals surface area contributed by atoms with Gasteiger partial charge in [0.05, 0.1) is 5.69 Å². The molecule has 2 amide bonds. The summed E-state index contributed by atoms with van der Waals surface area (Å²) in [7, 11) is 0. The number of halogens is 1. The molecule has 0 saturated heterocycles. The van der Waals surface area contributed by atoms with E-state index in [2.05, 4.69) is 21.2 Å². The maximum Gasteiger partial charge on any atom is 0.333 e. The molecule has 5 nitrogen and oxygen atoms in total. The highest BCUT2D eigenvalue weighted by Gasteiger charge is 2.45. The normalized spacial score (nSPS) is 14.0. The average Bonchev–Trinajstić information content (AvgIpc) is 2.95. The standard InChI is InChI=1S/C22H16BrN3O2/c1-15-14-17(10-11-18(15)23)26-21(27)19(24-16-8-4-2-5-9-16)20(22(26)28)25-12-6-3-7-13-25/h2-14H,1H3/p+1. The van der Waals surface area contributed by atoms with Crippen LogP contribution >= 0.6 is 15.9 Å². The molecule has 4 rings (SSSR count). The van der Waals surface area contributed by atoms with Crippen LogP contribution in [0.3, 0.4) is 0 Å². The minimum atomic E-state index is -0.387. The molecule has 0 radical (unpaired) electrons. The van der Waals surface area contributed by atoms with Gasteiger partial charge in [-0.15, -0.1) is 0 Å². The fourth-order valence-electron chi connectivity index (χ4n) is 3.09. The molecular formula is C22H17BrN3O2+. The molecule has 0 spiro atoms. The maximum absolute atomic E-state index is 13.3. The van der Waals surface area contributed by atoms with E-state index in [-0.39, 0.29) is 23.2 Å². The Labute approximate surface area is 171 Å². The Balaban J connectivity index is 1.82. The van der Waals surface area contributed by atoms with E-state index in [1.54, 1.807) is 23.0 Å². The third-order valence-electron chi connectivity index (χ3n) is 4.48. The zero-order valence-electron chi connectivity index (χ0n) is 15.1. The summed E-state index contributed by atoms with van der Waals surface area (Å²) >= 11 is 3.46. The van der Waals surface area contributed by atoms with Crippen LogP contribution in [-0.4, -0.2) is 11.8 Å². The summed E-state index contributed by atoms with van der Waals surface area (Å²) in [5.74, 6) is -0.761. The lowest BCUT2D eigenvalue weighted by atomic mass is 10.2. The molecule has 1 aromatic heterocycles. The van der Waals surface area contributed by atoms with Crippen LogP contribution in [0.5, 0.6) is 0 Å². The molecule has 0 bridgehead atoms. The third-order valence-corrected chi connectivity index (χ3v) is 5.37. The molecular weight excluding hydrogens is 418 g/mol. The Bertz CT molecular complexity index is 1100. The summed E-state index contributed by atoms with van der Waals surface area (Å²) in [6.07, 6.45) is 3.51. The molecule has 1 aliphatic rings. The number of hydrogen-bond donors (Lipinski definition) is 1. The number of pyridine rings is 1. The predicted octanol–water partition coefficient (Wildman–Crippen LogP) is 3.90. The third kappa shape index (κ3) is 3.23. The number of rotatable bonds is 4. The number of benzene rings is 2. The van der Waals surface area contributed by atoms with E-state index in [9.17, 15) is 9.59 Å². The molecule has 2 aromatic carbocycles. The molecule has 0 fully saturated rings. The molecule has 28 heavy (non-hydrogen) atoms. The lowest BCUT2D eigenvalue weighted by Gasteiger charge is -2.15. The van der Waals surface area contributed by atoms with Crippen LogP contribution in [0.2, 0.25) is 0 Å². The van der Waals surface area contributed by atoms with E-state index in [0.717, 1.165) is 15.7 Å². The van der Waals surface area contributed by atoms with Gasteiger partial charge in [0.15, 0.2) is 18.1 Å². The Morgan fingerprint density at radius 2 is 1.57 bits per heavy atom. The number of nitrogens with zero attached hydrogens (tertiary/aromatic N) is 2. The molecule has 1 aliphatic heterocycles. The average molecular weight is 435 g/mol. The van der Waals surface area contributed by atoms with Crippen molar-refractivity contribution < 1.29 is 14.2 Å². The molecule has 0 atom stereocenters. The maximum atomic E-state index is 13.3. The van der Waals surface area contributed by atoms with Crippen molar-refractivity contribution in [1.82, 2.24) is 0 Å². The first-order valence-corrected chi connectivity index (χ1v) is 9.53. The van der Waals surface area contributed by atoms with Gasteiger partial charge in [-0.25, -0.2) is 4.90 Å². The second kappa shape index (κ2) is 7.40. The van der Waals surface area contributed by atoms with Gasteiger partial charge in [-0.2, -0.15) is 4.57 Å². The molecule has 3 aromatic rings. The number of imide groups is 1. The number of carbonyl (C=O) groups is 2. The van der Waals surface area contributed by atoms with Gasteiger partial charge in [-0.1, -0.05) is 40.2 Å². The highest BCUT2D eigenvalue weighted by atomic mass is 79.9. The quantitative estimate of drug-likeness (QED) is 0.500. The van der Waals surface area contributed by atoms with Crippen LogP contribution in [0.1, 0.15) is 5.56 Å². The summed E-state index contributed by atoms with van der Waals surface area (Å²) in [5, 5.41) is 3.13. The number of hydrogen-bond acceptors (Lipinski definition) is 3. The first-order valence-electron chi connectivity index (χ1n) is 8.74. The topological polar surface area (TPSA) is 53.3 Å². The summed E-state index contributed by atoms with van der Waals surface area (Å²) in [4.78, 5) is 27.8. The lowest BCUT2D eigenvalue weighted by Crippen LogP contribution is -2.39. The van der Waals surface area contributed by atoms with Crippen molar-refractivity contribution in [2.45, 2.75) is 6.92 Å². The van der Waals surface area contributed by atoms with Gasteiger partial charge in [0.2, 0.25) is 0 Å². The number of nitrogens with one attached hydrogen (secondary N) is 1. The summed E-state index contributed by atoms with van der Waals surface area (Å²) in [5.41, 5.74) is 2.75. The van der Waals surface area contributed by atoms with Gasteiger partial charge < -0.3 is 5.32 Å². The van der Waals surface area contributed by atoms with E-state index in [1.165, 1.54) is 4.90 Å². The number of anilines is 2. The summed E-state index contributed by atoms with van der Waals surface area (Å²) in [6.45, 7) is 1.92. The number of amides is 2. The van der Waals surface area contributed by atoms with E-state index in [4.69, 9.17) is 0 Å². The van der Waals surface area contributed by atoms with Crippen molar-refractivity contribution in [3.8, 4) is 0 Å². The van der Waals surface area contributed by atoms with Crippen LogP contribution in [-0.2, 0) is 9.59 Å². The van der Waals surface area contributed by atoms with Gasteiger partial charge >= 0.3 is 11.6 Å². The zero-order chi connectivity index (χ0) is 19.7. The molecule has 6 heteroatoms. The number of carbonyl (C=O) groups excluding carboxylic acids is 2. The van der Waals surface area contributed by atoms with Crippen LogP contribution < -0.4 is 14.8 Å². The Hall–Kier alpha value is -3.25. The van der Waals surface area contributed by atoms with Crippen LogP contribution in [0, 0.1) is 6.92 Å². The number of para-hydroxylation sites is 1. The number of aryl methyl sites for hydroxylation is 1. The molecule has 2 heterocycles. The predicted molar refractivity (Wildman–Crippen MR) is 111 cm³/mol. The van der Waals surface area contributed by atoms with Gasteiger partial charge in [-0.3, -0.25) is 9.59 Å².